The van der Waals surface area contributed by atoms with Crippen LogP contribution in [0.4, 0.5) is 5.82 Å². The molecule has 1 aromatic heterocycles. The molecule has 0 amide bonds. The predicted octanol–water partition coefficient (Wildman–Crippen LogP) is -0.726. The molecular weight excluding hydrogens is 384 g/mol. The van der Waals surface area contributed by atoms with Gasteiger partial charge >= 0.3 is 11.7 Å². The molecule has 10 heteroatoms. The molecule has 1 saturated heterocycles. The van der Waals surface area contributed by atoms with Crippen molar-refractivity contribution in [2.45, 2.75) is 35.3 Å². The van der Waals surface area contributed by atoms with Gasteiger partial charge in [-0.15, -0.1) is 11.8 Å². The van der Waals surface area contributed by atoms with Gasteiger partial charge in [0.05, 0.1) is 11.4 Å². The summed E-state index contributed by atoms with van der Waals surface area (Å²) >= 11 is 1.12. The van der Waals surface area contributed by atoms with Crippen LogP contribution in [0.2, 0.25) is 0 Å². The lowest BCUT2D eigenvalue weighted by molar-refractivity contribution is -0.145. The maximum absolute atomic E-state index is 12.2. The lowest BCUT2D eigenvalue weighted by Gasteiger charge is -2.17. The maximum Gasteiger partial charge on any atom is 0.350 e. The van der Waals surface area contributed by atoms with Crippen LogP contribution in [0.15, 0.2) is 47.4 Å². The van der Waals surface area contributed by atoms with Crippen molar-refractivity contribution in [2.24, 2.45) is 5.73 Å². The number of nitrogen functional groups attached to an aromatic ring is 1. The summed E-state index contributed by atoms with van der Waals surface area (Å²) in [6, 6.07) is 9.90. The monoisotopic (exact) mass is 406 g/mol. The highest BCUT2D eigenvalue weighted by molar-refractivity contribution is 8.00. The zero-order valence-electron chi connectivity index (χ0n) is 14.9. The Morgan fingerprint density at radius 2 is 1.96 bits per heavy atom. The Kier molecular flexibility index (Phi) is 6.35. The van der Waals surface area contributed by atoms with Crippen LogP contribution < -0.4 is 17.2 Å². The molecule has 1 aliphatic heterocycles. The topological polar surface area (TPSA) is 154 Å². The Morgan fingerprint density at radius 1 is 1.25 bits per heavy atom. The molecule has 1 aromatic carbocycles. The van der Waals surface area contributed by atoms with E-state index in [1.54, 1.807) is 0 Å². The third-order valence-corrected chi connectivity index (χ3v) is 6.00. The fraction of sp³-hybridized carbons (Fsp3) is 0.389. The van der Waals surface area contributed by atoms with E-state index in [0.29, 0.717) is 6.42 Å². The van der Waals surface area contributed by atoms with E-state index < -0.39 is 40.5 Å². The molecule has 0 spiro atoms. The van der Waals surface area contributed by atoms with Gasteiger partial charge in [-0.05, 0) is 18.1 Å². The van der Waals surface area contributed by atoms with E-state index >= 15 is 0 Å². The first-order valence-electron chi connectivity index (χ1n) is 8.69. The summed E-state index contributed by atoms with van der Waals surface area (Å²) in [7, 11) is 0. The number of benzene rings is 1. The average molecular weight is 406 g/mol. The third-order valence-electron chi connectivity index (χ3n) is 4.45. The number of rotatable bonds is 6. The van der Waals surface area contributed by atoms with Crippen LogP contribution in [0.3, 0.4) is 0 Å². The summed E-state index contributed by atoms with van der Waals surface area (Å²) < 4.78 is 6.43. The van der Waals surface area contributed by atoms with Crippen LogP contribution in [-0.2, 0) is 16.0 Å². The van der Waals surface area contributed by atoms with Crippen LogP contribution in [0.25, 0.3) is 0 Å². The lowest BCUT2D eigenvalue weighted by Crippen LogP contribution is -2.38. The van der Waals surface area contributed by atoms with Gasteiger partial charge in [-0.3, -0.25) is 9.36 Å². The van der Waals surface area contributed by atoms with Crippen molar-refractivity contribution in [1.29, 1.82) is 0 Å². The molecule has 0 aliphatic carbocycles. The summed E-state index contributed by atoms with van der Waals surface area (Å²) in [4.78, 5) is 27.8. The molecule has 0 saturated carbocycles. The lowest BCUT2D eigenvalue weighted by atomic mass is 10.1. The minimum Gasteiger partial charge on any atom is -0.463 e. The SMILES string of the molecule is Nc1ccn([C@@H]2S[C@H](COC(=O)[C@@H](N)Cc3ccccc3)C(O)C2O)c(=O)n1. The average Bonchev–Trinajstić information content (AvgIpc) is 2.95. The first-order valence-corrected chi connectivity index (χ1v) is 9.63. The molecule has 150 valence electrons. The van der Waals surface area contributed by atoms with Gasteiger partial charge in [-0.1, -0.05) is 30.3 Å². The number of aliphatic hydroxyl groups is 2. The Morgan fingerprint density at radius 3 is 2.64 bits per heavy atom. The van der Waals surface area contributed by atoms with Crippen LogP contribution in [0, 0.1) is 0 Å². The number of aromatic nitrogens is 2. The van der Waals surface area contributed by atoms with E-state index in [0.717, 1.165) is 17.3 Å². The van der Waals surface area contributed by atoms with Crippen molar-refractivity contribution in [3.63, 3.8) is 0 Å². The fourth-order valence-corrected chi connectivity index (χ4v) is 4.38. The van der Waals surface area contributed by atoms with Gasteiger partial charge < -0.3 is 26.4 Å². The molecule has 28 heavy (non-hydrogen) atoms. The zero-order chi connectivity index (χ0) is 20.3. The van der Waals surface area contributed by atoms with Gasteiger partial charge in [0.2, 0.25) is 0 Å². The number of thioether (sulfide) groups is 1. The summed E-state index contributed by atoms with van der Waals surface area (Å²) in [6.45, 7) is -0.141. The standard InChI is InChI=1S/C18H22N4O5S/c19-11(8-10-4-2-1-3-5-10)17(25)27-9-12-14(23)15(24)16(28-12)22-7-6-13(20)21-18(22)26/h1-7,11-12,14-16,23-24H,8-9,19H2,(H2,20,21,26)/t11-,12+,14?,15?,16+/m0/s1. The number of nitrogens with zero attached hydrogens (tertiary/aromatic N) is 2. The summed E-state index contributed by atoms with van der Waals surface area (Å²) in [5.41, 5.74) is 11.6. The second-order valence-corrected chi connectivity index (χ2v) is 7.88. The highest BCUT2D eigenvalue weighted by Gasteiger charge is 2.44. The van der Waals surface area contributed by atoms with E-state index in [9.17, 15) is 19.8 Å². The second kappa shape index (κ2) is 8.74. The van der Waals surface area contributed by atoms with E-state index in [2.05, 4.69) is 4.98 Å². The van der Waals surface area contributed by atoms with E-state index in [4.69, 9.17) is 16.2 Å². The number of carbonyl (C=O) groups is 1. The summed E-state index contributed by atoms with van der Waals surface area (Å²) in [6.07, 6.45) is -0.673. The highest BCUT2D eigenvalue weighted by atomic mass is 32.2. The number of ether oxygens (including phenoxy) is 1. The number of hydrogen-bond acceptors (Lipinski definition) is 9. The molecule has 6 N–H and O–H groups in total. The zero-order valence-corrected chi connectivity index (χ0v) is 15.7. The van der Waals surface area contributed by atoms with E-state index in [-0.39, 0.29) is 12.4 Å². The van der Waals surface area contributed by atoms with Crippen molar-refractivity contribution >= 4 is 23.5 Å². The van der Waals surface area contributed by atoms with Crippen LogP contribution in [-0.4, -0.2) is 55.8 Å². The molecule has 2 unspecified atom stereocenters. The van der Waals surface area contributed by atoms with Crippen LogP contribution >= 0.6 is 11.8 Å². The van der Waals surface area contributed by atoms with Gasteiger partial charge in [0.1, 0.15) is 29.9 Å². The molecule has 0 radical (unpaired) electrons. The fourth-order valence-electron chi connectivity index (χ4n) is 2.94. The van der Waals surface area contributed by atoms with Gasteiger partial charge in [0, 0.05) is 6.20 Å². The smallest absolute Gasteiger partial charge is 0.350 e. The number of aliphatic hydroxyl groups excluding tert-OH is 2. The number of anilines is 1. The van der Waals surface area contributed by atoms with Crippen LogP contribution in [0.1, 0.15) is 10.9 Å². The molecule has 1 fully saturated rings. The molecule has 2 heterocycles. The van der Waals surface area contributed by atoms with Crippen molar-refractivity contribution in [1.82, 2.24) is 9.55 Å². The van der Waals surface area contributed by atoms with Gasteiger partial charge in [-0.2, -0.15) is 4.98 Å². The Balaban J connectivity index is 1.58. The van der Waals surface area contributed by atoms with E-state index in [1.807, 2.05) is 30.3 Å². The molecule has 1 aliphatic rings. The molecule has 5 atom stereocenters. The Bertz CT molecular complexity index is 878. The first-order chi connectivity index (χ1) is 13.4. The molecule has 2 aromatic rings. The number of nitrogens with two attached hydrogens (primary N) is 2. The number of carbonyl (C=O) groups excluding carboxylic acids is 1. The van der Waals surface area contributed by atoms with Gasteiger partial charge in [0.25, 0.3) is 0 Å². The normalized spacial score (nSPS) is 25.4. The first kappa shape index (κ1) is 20.3. The quantitative estimate of drug-likeness (QED) is 0.455. The molecule has 3 rings (SSSR count). The maximum atomic E-state index is 12.2. The molecule has 0 bridgehead atoms. The van der Waals surface area contributed by atoms with Crippen molar-refractivity contribution in [3.8, 4) is 0 Å². The van der Waals surface area contributed by atoms with E-state index in [1.165, 1.54) is 16.8 Å². The summed E-state index contributed by atoms with van der Waals surface area (Å²) in [5.74, 6) is -0.530. The highest BCUT2D eigenvalue weighted by Crippen LogP contribution is 2.41. The minimum atomic E-state index is -1.23. The molecular formula is C18H22N4O5S. The second-order valence-electron chi connectivity index (χ2n) is 6.51. The van der Waals surface area contributed by atoms with Gasteiger partial charge in [-0.25, -0.2) is 4.79 Å². The van der Waals surface area contributed by atoms with Crippen molar-refractivity contribution < 1.29 is 19.7 Å². The number of hydrogen-bond donors (Lipinski definition) is 4. The largest absolute Gasteiger partial charge is 0.463 e. The van der Waals surface area contributed by atoms with Crippen molar-refractivity contribution in [2.75, 3.05) is 12.3 Å². The van der Waals surface area contributed by atoms with Crippen LogP contribution in [0.5, 0.6) is 0 Å². The number of esters is 1. The van der Waals surface area contributed by atoms with Gasteiger partial charge in [0.15, 0.2) is 0 Å². The third kappa shape index (κ3) is 4.53. The predicted molar refractivity (Wildman–Crippen MR) is 104 cm³/mol. The molecule has 9 nitrogen and oxygen atoms in total. The Labute approximate surface area is 165 Å². The summed E-state index contributed by atoms with van der Waals surface area (Å²) in [5, 5.41) is 19.2. The minimum absolute atomic E-state index is 0.0668. The Hall–Kier alpha value is -2.40. The van der Waals surface area contributed by atoms with Crippen molar-refractivity contribution in [3.05, 3.63) is 58.6 Å².